The quantitative estimate of drug-likeness (QED) is 0.671. The van der Waals surface area contributed by atoms with E-state index in [-0.39, 0.29) is 11.9 Å². The Morgan fingerprint density at radius 3 is 2.43 bits per heavy atom. The second-order valence-corrected chi connectivity index (χ2v) is 7.18. The highest BCUT2D eigenvalue weighted by atomic mass is 19.1. The predicted octanol–water partition coefficient (Wildman–Crippen LogP) is 2.51. The number of piperazine rings is 1. The van der Waals surface area contributed by atoms with E-state index in [1.165, 1.54) is 12.1 Å². The van der Waals surface area contributed by atoms with Crippen LogP contribution in [-0.2, 0) is 0 Å². The van der Waals surface area contributed by atoms with Gasteiger partial charge in [0.1, 0.15) is 18.0 Å². The van der Waals surface area contributed by atoms with Gasteiger partial charge in [-0.3, -0.25) is 4.90 Å². The molecule has 2 aromatic heterocycles. The standard InChI is InChI=1S/C22H25FN6O/c1-30-21-7-4-17(13-26-21)20(12-24)28-8-10-29(11-9-28)22-19(14-25-15-27-22)16-2-5-18(23)6-3-16/h2-7,13-15,20H,8-12,24H2,1H3. The molecule has 0 spiro atoms. The summed E-state index contributed by atoms with van der Waals surface area (Å²) in [5.74, 6) is 1.20. The van der Waals surface area contributed by atoms with E-state index in [9.17, 15) is 4.39 Å². The summed E-state index contributed by atoms with van der Waals surface area (Å²) in [6, 6.07) is 10.4. The van der Waals surface area contributed by atoms with Crippen LogP contribution >= 0.6 is 0 Å². The summed E-state index contributed by atoms with van der Waals surface area (Å²) in [5, 5.41) is 0. The number of anilines is 1. The minimum absolute atomic E-state index is 0.104. The first kappa shape index (κ1) is 20.2. The lowest BCUT2D eigenvalue weighted by Gasteiger charge is -2.40. The molecule has 0 amide bonds. The van der Waals surface area contributed by atoms with E-state index in [0.29, 0.717) is 12.4 Å². The molecule has 1 saturated heterocycles. The molecule has 1 aliphatic heterocycles. The molecule has 30 heavy (non-hydrogen) atoms. The van der Waals surface area contributed by atoms with E-state index in [4.69, 9.17) is 10.5 Å². The molecule has 156 valence electrons. The number of benzene rings is 1. The lowest BCUT2D eigenvalue weighted by molar-refractivity contribution is 0.189. The first-order chi connectivity index (χ1) is 14.7. The number of aromatic nitrogens is 3. The van der Waals surface area contributed by atoms with Gasteiger partial charge in [0.05, 0.1) is 7.11 Å². The van der Waals surface area contributed by atoms with Gasteiger partial charge >= 0.3 is 0 Å². The molecule has 1 fully saturated rings. The minimum atomic E-state index is -0.258. The average molecular weight is 408 g/mol. The van der Waals surface area contributed by atoms with Gasteiger partial charge in [0, 0.05) is 62.8 Å². The van der Waals surface area contributed by atoms with Gasteiger partial charge in [0.15, 0.2) is 0 Å². The Morgan fingerprint density at radius 2 is 1.80 bits per heavy atom. The molecule has 8 heteroatoms. The van der Waals surface area contributed by atoms with Crippen LogP contribution in [0.2, 0.25) is 0 Å². The predicted molar refractivity (Wildman–Crippen MR) is 114 cm³/mol. The molecule has 0 radical (unpaired) electrons. The molecule has 3 aromatic rings. The van der Waals surface area contributed by atoms with Crippen LogP contribution in [-0.4, -0.2) is 59.7 Å². The Balaban J connectivity index is 1.48. The number of rotatable bonds is 6. The summed E-state index contributed by atoms with van der Waals surface area (Å²) >= 11 is 0. The smallest absolute Gasteiger partial charge is 0.212 e. The molecule has 1 unspecified atom stereocenters. The number of nitrogens with two attached hydrogens (primary N) is 1. The Hall–Kier alpha value is -3.10. The highest BCUT2D eigenvalue weighted by Gasteiger charge is 2.26. The third-order valence-electron chi connectivity index (χ3n) is 5.48. The molecular formula is C22H25FN6O. The number of ether oxygens (including phenoxy) is 1. The van der Waals surface area contributed by atoms with Crippen LogP contribution in [0.25, 0.3) is 11.1 Å². The van der Waals surface area contributed by atoms with Gasteiger partial charge in [-0.1, -0.05) is 18.2 Å². The number of nitrogens with zero attached hydrogens (tertiary/aromatic N) is 5. The van der Waals surface area contributed by atoms with Crippen molar-refractivity contribution in [2.45, 2.75) is 6.04 Å². The number of pyridine rings is 1. The molecule has 1 aliphatic rings. The van der Waals surface area contributed by atoms with Crippen LogP contribution in [0.4, 0.5) is 10.2 Å². The van der Waals surface area contributed by atoms with Crippen molar-refractivity contribution in [3.05, 3.63) is 66.5 Å². The first-order valence-electron chi connectivity index (χ1n) is 9.94. The van der Waals surface area contributed by atoms with Gasteiger partial charge < -0.3 is 15.4 Å². The molecule has 0 aliphatic carbocycles. The molecule has 7 nitrogen and oxygen atoms in total. The maximum Gasteiger partial charge on any atom is 0.212 e. The van der Waals surface area contributed by atoms with Crippen LogP contribution in [0.5, 0.6) is 5.88 Å². The van der Waals surface area contributed by atoms with Crippen LogP contribution in [0.15, 0.2) is 55.1 Å². The Bertz CT molecular complexity index is 958. The van der Waals surface area contributed by atoms with Gasteiger partial charge in [-0.25, -0.2) is 19.3 Å². The molecule has 2 N–H and O–H groups in total. The van der Waals surface area contributed by atoms with E-state index >= 15 is 0 Å². The fourth-order valence-electron chi connectivity index (χ4n) is 3.86. The van der Waals surface area contributed by atoms with Crippen molar-refractivity contribution in [2.24, 2.45) is 5.73 Å². The Labute approximate surface area is 175 Å². The van der Waals surface area contributed by atoms with Crippen molar-refractivity contribution in [3.63, 3.8) is 0 Å². The number of hydrogen-bond donors (Lipinski definition) is 1. The number of halogens is 1. The molecule has 1 aromatic carbocycles. The van der Waals surface area contributed by atoms with E-state index in [1.807, 2.05) is 18.3 Å². The Morgan fingerprint density at radius 1 is 1.03 bits per heavy atom. The maximum atomic E-state index is 13.3. The maximum absolute atomic E-state index is 13.3. The number of methoxy groups -OCH3 is 1. The summed E-state index contributed by atoms with van der Waals surface area (Å²) in [6.07, 6.45) is 5.17. The highest BCUT2D eigenvalue weighted by Crippen LogP contribution is 2.30. The van der Waals surface area contributed by atoms with Gasteiger partial charge in [-0.2, -0.15) is 0 Å². The third-order valence-corrected chi connectivity index (χ3v) is 5.48. The van der Waals surface area contributed by atoms with E-state index in [1.54, 1.807) is 31.8 Å². The van der Waals surface area contributed by atoms with E-state index in [0.717, 1.165) is 48.7 Å². The third kappa shape index (κ3) is 4.24. The summed E-state index contributed by atoms with van der Waals surface area (Å²) in [4.78, 5) is 17.6. The summed E-state index contributed by atoms with van der Waals surface area (Å²) < 4.78 is 18.5. The van der Waals surface area contributed by atoms with Crippen molar-refractivity contribution in [3.8, 4) is 17.0 Å². The fraction of sp³-hybridized carbons (Fsp3) is 0.318. The summed E-state index contributed by atoms with van der Waals surface area (Å²) in [5.41, 5.74) is 8.99. The normalized spacial score (nSPS) is 15.8. The van der Waals surface area contributed by atoms with Crippen molar-refractivity contribution >= 4 is 5.82 Å². The molecule has 0 saturated carbocycles. The second-order valence-electron chi connectivity index (χ2n) is 7.18. The van der Waals surface area contributed by atoms with Gasteiger partial charge in [0.25, 0.3) is 0 Å². The summed E-state index contributed by atoms with van der Waals surface area (Å²) in [6.45, 7) is 3.83. The monoisotopic (exact) mass is 408 g/mol. The fourth-order valence-corrected chi connectivity index (χ4v) is 3.86. The largest absolute Gasteiger partial charge is 0.481 e. The molecule has 0 bridgehead atoms. The molecule has 3 heterocycles. The average Bonchev–Trinajstić information content (AvgIpc) is 2.81. The number of hydrogen-bond acceptors (Lipinski definition) is 7. The summed E-state index contributed by atoms with van der Waals surface area (Å²) in [7, 11) is 1.61. The SMILES string of the molecule is COc1ccc(C(CN)N2CCN(c3ncncc3-c3ccc(F)cc3)CC2)cn1. The molecule has 1 atom stereocenters. The van der Waals surface area contributed by atoms with Gasteiger partial charge in [0.2, 0.25) is 5.88 Å². The zero-order valence-electron chi connectivity index (χ0n) is 16.9. The topological polar surface area (TPSA) is 80.4 Å². The lowest BCUT2D eigenvalue weighted by atomic mass is 10.1. The highest BCUT2D eigenvalue weighted by molar-refractivity contribution is 5.75. The van der Waals surface area contributed by atoms with E-state index in [2.05, 4.69) is 24.8 Å². The molecular weight excluding hydrogens is 383 g/mol. The zero-order valence-corrected chi connectivity index (χ0v) is 16.9. The van der Waals surface area contributed by atoms with Crippen LogP contribution < -0.4 is 15.4 Å². The lowest BCUT2D eigenvalue weighted by Crippen LogP contribution is -2.49. The van der Waals surface area contributed by atoms with Crippen LogP contribution in [0, 0.1) is 5.82 Å². The van der Waals surface area contributed by atoms with Crippen LogP contribution in [0.3, 0.4) is 0 Å². The van der Waals surface area contributed by atoms with Gasteiger partial charge in [-0.15, -0.1) is 0 Å². The zero-order chi connectivity index (χ0) is 20.9. The minimum Gasteiger partial charge on any atom is -0.481 e. The second kappa shape index (κ2) is 9.15. The van der Waals surface area contributed by atoms with Crippen molar-refractivity contribution in [1.82, 2.24) is 19.9 Å². The van der Waals surface area contributed by atoms with Crippen molar-refractivity contribution in [2.75, 3.05) is 44.7 Å². The van der Waals surface area contributed by atoms with Crippen molar-refractivity contribution in [1.29, 1.82) is 0 Å². The van der Waals surface area contributed by atoms with Gasteiger partial charge in [-0.05, 0) is 23.3 Å². The van der Waals surface area contributed by atoms with Crippen LogP contribution in [0.1, 0.15) is 11.6 Å². The van der Waals surface area contributed by atoms with Crippen molar-refractivity contribution < 1.29 is 9.13 Å². The van der Waals surface area contributed by atoms with E-state index < -0.39 is 0 Å². The Kier molecular flexibility index (Phi) is 6.15. The first-order valence-corrected chi connectivity index (χ1v) is 9.94. The molecule has 4 rings (SSSR count).